The molecule has 1 unspecified atom stereocenters. The molecule has 3 rings (SSSR count). The van der Waals surface area contributed by atoms with Gasteiger partial charge in [-0.2, -0.15) is 0 Å². The maximum atomic E-state index is 12.4. The summed E-state index contributed by atoms with van der Waals surface area (Å²) in [6.07, 6.45) is 6.60. The molecule has 2 fully saturated rings. The largest absolute Gasteiger partial charge is 0.497 e. The lowest BCUT2D eigenvalue weighted by Gasteiger charge is -2.27. The maximum Gasteiger partial charge on any atom is 0.319 e. The van der Waals surface area contributed by atoms with Crippen LogP contribution in [0.15, 0.2) is 18.2 Å². The van der Waals surface area contributed by atoms with Gasteiger partial charge in [-0.15, -0.1) is 0 Å². The normalized spacial score (nSPS) is 20.4. The highest BCUT2D eigenvalue weighted by Gasteiger charge is 2.32. The molecule has 3 amide bonds. The van der Waals surface area contributed by atoms with Crippen molar-refractivity contribution in [3.63, 3.8) is 0 Å². The molecule has 1 atom stereocenters. The fourth-order valence-electron chi connectivity index (χ4n) is 3.98. The molecule has 27 heavy (non-hydrogen) atoms. The van der Waals surface area contributed by atoms with Crippen molar-refractivity contribution in [3.8, 4) is 11.5 Å². The molecule has 7 heteroatoms. The van der Waals surface area contributed by atoms with Gasteiger partial charge in [0.25, 0.3) is 0 Å². The van der Waals surface area contributed by atoms with Gasteiger partial charge >= 0.3 is 6.03 Å². The van der Waals surface area contributed by atoms with Crippen LogP contribution in [-0.4, -0.2) is 50.2 Å². The minimum absolute atomic E-state index is 0.129. The Labute approximate surface area is 160 Å². The van der Waals surface area contributed by atoms with Crippen molar-refractivity contribution in [2.75, 3.05) is 32.6 Å². The van der Waals surface area contributed by atoms with Gasteiger partial charge in [0.1, 0.15) is 11.5 Å². The lowest BCUT2D eigenvalue weighted by Crippen LogP contribution is -2.40. The van der Waals surface area contributed by atoms with Crippen LogP contribution in [-0.2, 0) is 4.79 Å². The number of urea groups is 1. The van der Waals surface area contributed by atoms with Crippen molar-refractivity contribution in [2.45, 2.75) is 44.6 Å². The van der Waals surface area contributed by atoms with E-state index in [1.165, 1.54) is 32.1 Å². The second-order valence-electron chi connectivity index (χ2n) is 7.37. The van der Waals surface area contributed by atoms with E-state index in [0.717, 1.165) is 6.54 Å². The molecule has 1 aliphatic heterocycles. The molecule has 2 aliphatic rings. The van der Waals surface area contributed by atoms with Gasteiger partial charge in [-0.25, -0.2) is 4.79 Å². The van der Waals surface area contributed by atoms with E-state index < -0.39 is 0 Å². The average molecular weight is 375 g/mol. The van der Waals surface area contributed by atoms with Crippen molar-refractivity contribution in [1.29, 1.82) is 0 Å². The summed E-state index contributed by atoms with van der Waals surface area (Å²) in [5.41, 5.74) is 0.526. The number of ether oxygens (including phenoxy) is 2. The molecule has 7 nitrogen and oxygen atoms in total. The van der Waals surface area contributed by atoms with E-state index in [4.69, 9.17) is 9.47 Å². The van der Waals surface area contributed by atoms with Gasteiger partial charge in [0, 0.05) is 25.6 Å². The van der Waals surface area contributed by atoms with Crippen LogP contribution in [0.3, 0.4) is 0 Å². The van der Waals surface area contributed by atoms with Gasteiger partial charge in [0.15, 0.2) is 0 Å². The van der Waals surface area contributed by atoms with Crippen LogP contribution in [0, 0.1) is 5.92 Å². The number of carbonyl (C=O) groups excluding carboxylic acids is 2. The summed E-state index contributed by atoms with van der Waals surface area (Å²) in [6, 6.07) is 4.69. The van der Waals surface area contributed by atoms with E-state index in [2.05, 4.69) is 10.6 Å². The molecular formula is C20H29N3O4. The SMILES string of the molecule is COc1ccc(OC)c(NC(=O)NC2CC(=O)N(CC3CCCCC3)C2)c1. The summed E-state index contributed by atoms with van der Waals surface area (Å²) >= 11 is 0. The van der Waals surface area contributed by atoms with Crippen LogP contribution in [0.1, 0.15) is 38.5 Å². The topological polar surface area (TPSA) is 79.9 Å². The van der Waals surface area contributed by atoms with Gasteiger partial charge in [-0.1, -0.05) is 19.3 Å². The monoisotopic (exact) mass is 375 g/mol. The van der Waals surface area contributed by atoms with Crippen molar-refractivity contribution >= 4 is 17.6 Å². The number of likely N-dealkylation sites (tertiary alicyclic amines) is 1. The van der Waals surface area contributed by atoms with Gasteiger partial charge in [0.05, 0.1) is 25.9 Å². The van der Waals surface area contributed by atoms with E-state index in [-0.39, 0.29) is 18.0 Å². The number of methoxy groups -OCH3 is 2. The van der Waals surface area contributed by atoms with Gasteiger partial charge in [-0.05, 0) is 30.9 Å². The smallest absolute Gasteiger partial charge is 0.319 e. The molecule has 2 N–H and O–H groups in total. The van der Waals surface area contributed by atoms with Gasteiger partial charge in [-0.3, -0.25) is 4.79 Å². The molecule has 0 aromatic heterocycles. The molecule has 1 saturated carbocycles. The van der Waals surface area contributed by atoms with Crippen LogP contribution < -0.4 is 20.1 Å². The number of carbonyl (C=O) groups is 2. The van der Waals surface area contributed by atoms with Crippen LogP contribution >= 0.6 is 0 Å². The van der Waals surface area contributed by atoms with E-state index in [9.17, 15) is 9.59 Å². The Morgan fingerprint density at radius 3 is 2.67 bits per heavy atom. The Morgan fingerprint density at radius 1 is 1.19 bits per heavy atom. The molecule has 1 saturated heterocycles. The minimum Gasteiger partial charge on any atom is -0.497 e. The zero-order valence-corrected chi connectivity index (χ0v) is 16.1. The Bertz CT molecular complexity index is 673. The molecule has 1 aromatic rings. The molecule has 1 aromatic carbocycles. The third-order valence-corrected chi connectivity index (χ3v) is 5.41. The Morgan fingerprint density at radius 2 is 1.96 bits per heavy atom. The molecule has 0 spiro atoms. The summed E-state index contributed by atoms with van der Waals surface area (Å²) in [5.74, 6) is 1.91. The molecule has 0 bridgehead atoms. The number of hydrogen-bond donors (Lipinski definition) is 2. The maximum absolute atomic E-state index is 12.4. The Hall–Kier alpha value is -2.44. The predicted octanol–water partition coefficient (Wildman–Crippen LogP) is 3.01. The van der Waals surface area contributed by atoms with E-state index in [1.54, 1.807) is 32.4 Å². The average Bonchev–Trinajstić information content (AvgIpc) is 3.01. The highest BCUT2D eigenvalue weighted by Crippen LogP contribution is 2.29. The summed E-state index contributed by atoms with van der Waals surface area (Å²) < 4.78 is 10.5. The fraction of sp³-hybridized carbons (Fsp3) is 0.600. The number of nitrogens with zero attached hydrogens (tertiary/aromatic N) is 1. The fourth-order valence-corrected chi connectivity index (χ4v) is 3.98. The van der Waals surface area contributed by atoms with Gasteiger partial charge in [0.2, 0.25) is 5.91 Å². The minimum atomic E-state index is -0.348. The van der Waals surface area contributed by atoms with Crippen LogP contribution in [0.4, 0.5) is 10.5 Å². The summed E-state index contributed by atoms with van der Waals surface area (Å²) in [7, 11) is 3.11. The molecule has 148 valence electrons. The highest BCUT2D eigenvalue weighted by atomic mass is 16.5. The quantitative estimate of drug-likeness (QED) is 0.801. The van der Waals surface area contributed by atoms with Crippen molar-refractivity contribution < 1.29 is 19.1 Å². The molecule has 0 radical (unpaired) electrons. The predicted molar refractivity (Wildman–Crippen MR) is 103 cm³/mol. The number of nitrogens with one attached hydrogen (secondary N) is 2. The summed E-state index contributed by atoms with van der Waals surface area (Å²) in [5, 5.41) is 5.69. The zero-order valence-electron chi connectivity index (χ0n) is 16.1. The lowest BCUT2D eigenvalue weighted by molar-refractivity contribution is -0.128. The second-order valence-corrected chi connectivity index (χ2v) is 7.37. The molecule has 1 aliphatic carbocycles. The first-order valence-corrected chi connectivity index (χ1v) is 9.66. The molecule has 1 heterocycles. The standard InChI is InChI=1S/C20H29N3O4/c1-26-16-8-9-18(27-2)17(11-16)22-20(25)21-15-10-19(24)23(13-15)12-14-6-4-3-5-7-14/h8-9,11,14-15H,3-7,10,12-13H2,1-2H3,(H2,21,22,25). The first kappa shape index (κ1) is 19.3. The number of amides is 3. The third kappa shape index (κ3) is 5.05. The van der Waals surface area contributed by atoms with E-state index >= 15 is 0 Å². The molecular weight excluding hydrogens is 346 g/mol. The first-order valence-electron chi connectivity index (χ1n) is 9.66. The summed E-state index contributed by atoms with van der Waals surface area (Å²) in [4.78, 5) is 26.6. The zero-order chi connectivity index (χ0) is 19.2. The first-order chi connectivity index (χ1) is 13.1. The van der Waals surface area contributed by atoms with Crippen LogP contribution in [0.2, 0.25) is 0 Å². The van der Waals surface area contributed by atoms with E-state index in [1.807, 2.05) is 4.90 Å². The van der Waals surface area contributed by atoms with Crippen molar-refractivity contribution in [1.82, 2.24) is 10.2 Å². The van der Waals surface area contributed by atoms with Crippen LogP contribution in [0.5, 0.6) is 11.5 Å². The van der Waals surface area contributed by atoms with E-state index in [0.29, 0.717) is 36.1 Å². The van der Waals surface area contributed by atoms with Crippen molar-refractivity contribution in [3.05, 3.63) is 18.2 Å². The van der Waals surface area contributed by atoms with Gasteiger partial charge < -0.3 is 25.0 Å². The highest BCUT2D eigenvalue weighted by molar-refractivity contribution is 5.92. The second kappa shape index (κ2) is 8.97. The number of hydrogen-bond acceptors (Lipinski definition) is 4. The lowest BCUT2D eigenvalue weighted by atomic mass is 9.89. The third-order valence-electron chi connectivity index (χ3n) is 5.41. The Balaban J connectivity index is 1.53. The van der Waals surface area contributed by atoms with Crippen LogP contribution in [0.25, 0.3) is 0 Å². The number of anilines is 1. The summed E-state index contributed by atoms with van der Waals surface area (Å²) in [6.45, 7) is 1.40. The Kier molecular flexibility index (Phi) is 6.42. The number of rotatable bonds is 6. The number of benzene rings is 1. The van der Waals surface area contributed by atoms with Crippen molar-refractivity contribution in [2.24, 2.45) is 5.92 Å².